The summed E-state index contributed by atoms with van der Waals surface area (Å²) < 4.78 is 0. The lowest BCUT2D eigenvalue weighted by Gasteiger charge is -2.61. The molecular weight excluding hydrogens is 410 g/mol. The van der Waals surface area contributed by atoms with E-state index < -0.39 is 5.60 Å². The predicted molar refractivity (Wildman–Crippen MR) is 133 cm³/mol. The van der Waals surface area contributed by atoms with Gasteiger partial charge in [0.25, 0.3) is 0 Å². The van der Waals surface area contributed by atoms with Crippen LogP contribution in [0.2, 0.25) is 0 Å². The minimum absolute atomic E-state index is 0.0571. The van der Waals surface area contributed by atoms with Crippen LogP contribution in [0.15, 0.2) is 0 Å². The average Bonchev–Trinajstić information content (AvgIpc) is 3.08. The molecule has 7 atom stereocenters. The van der Waals surface area contributed by atoms with Gasteiger partial charge in [-0.3, -0.25) is 9.59 Å². The zero-order chi connectivity index (χ0) is 23.9. The van der Waals surface area contributed by atoms with Crippen LogP contribution in [-0.2, 0) is 9.59 Å². The molecule has 0 spiro atoms. The third kappa shape index (κ3) is 4.55. The van der Waals surface area contributed by atoms with Gasteiger partial charge >= 0.3 is 0 Å². The zero-order valence-electron chi connectivity index (χ0n) is 21.8. The molecule has 1 unspecified atom stereocenters. The Morgan fingerprint density at radius 3 is 2.52 bits per heavy atom. The fourth-order valence-electron chi connectivity index (χ4n) is 8.81. The van der Waals surface area contributed by atoms with Gasteiger partial charge < -0.3 is 10.0 Å². The third-order valence-corrected chi connectivity index (χ3v) is 10.9. The summed E-state index contributed by atoms with van der Waals surface area (Å²) >= 11 is 0. The number of fused-ring (bicyclic) bond motifs is 5. The van der Waals surface area contributed by atoms with Crippen molar-refractivity contribution in [1.29, 1.82) is 0 Å². The van der Waals surface area contributed by atoms with Crippen molar-refractivity contribution < 1.29 is 14.7 Å². The molecule has 4 aliphatic carbocycles. The summed E-state index contributed by atoms with van der Waals surface area (Å²) in [5.74, 6) is 3.26. The van der Waals surface area contributed by atoms with Crippen LogP contribution in [-0.4, -0.2) is 40.4 Å². The van der Waals surface area contributed by atoms with Crippen molar-refractivity contribution in [2.75, 3.05) is 13.1 Å². The van der Waals surface area contributed by atoms with Gasteiger partial charge in [-0.05, 0) is 93.3 Å². The van der Waals surface area contributed by atoms with E-state index in [0.29, 0.717) is 42.4 Å². The Labute approximate surface area is 202 Å². The number of aliphatic hydroxyl groups is 1. The molecule has 4 fully saturated rings. The molecule has 1 N–H and O–H groups in total. The summed E-state index contributed by atoms with van der Waals surface area (Å²) in [5.41, 5.74) is -0.514. The SMILES string of the molecule is CCCCCN(C[C@@]1(O)CC[C@@]2(C)C(CC[C@@H]3[C@@H]2CC[C@]2(C)C(=O)CC[C@@H]32)C1)C(=O)CCC. The number of nitrogens with zero attached hydrogens (tertiary/aromatic N) is 1. The van der Waals surface area contributed by atoms with Crippen LogP contribution >= 0.6 is 0 Å². The van der Waals surface area contributed by atoms with E-state index in [4.69, 9.17) is 0 Å². The van der Waals surface area contributed by atoms with Crippen molar-refractivity contribution in [3.8, 4) is 0 Å². The van der Waals surface area contributed by atoms with Crippen LogP contribution in [0.25, 0.3) is 0 Å². The maximum absolute atomic E-state index is 12.8. The quantitative estimate of drug-likeness (QED) is 0.443. The molecule has 0 bridgehead atoms. The molecule has 0 heterocycles. The molecule has 188 valence electrons. The highest BCUT2D eigenvalue weighted by Gasteiger charge is 2.61. The highest BCUT2D eigenvalue weighted by Crippen LogP contribution is 2.66. The molecular formula is C29H49NO3. The number of rotatable bonds is 8. The molecule has 1 amide bonds. The summed E-state index contributed by atoms with van der Waals surface area (Å²) in [6.45, 7) is 10.3. The van der Waals surface area contributed by atoms with Crippen molar-refractivity contribution >= 4 is 11.7 Å². The number of carbonyl (C=O) groups is 2. The van der Waals surface area contributed by atoms with Crippen LogP contribution in [0.5, 0.6) is 0 Å². The van der Waals surface area contributed by atoms with Gasteiger partial charge in [-0.15, -0.1) is 0 Å². The Balaban J connectivity index is 1.45. The lowest BCUT2D eigenvalue weighted by atomic mass is 9.44. The predicted octanol–water partition coefficient (Wildman–Crippen LogP) is 6.15. The average molecular weight is 460 g/mol. The second-order valence-corrected chi connectivity index (χ2v) is 12.8. The molecule has 0 aromatic heterocycles. The largest absolute Gasteiger partial charge is 0.388 e. The van der Waals surface area contributed by atoms with E-state index in [2.05, 4.69) is 27.7 Å². The first-order chi connectivity index (χ1) is 15.7. The van der Waals surface area contributed by atoms with Crippen LogP contribution in [0, 0.1) is 34.5 Å². The van der Waals surface area contributed by atoms with Crippen LogP contribution in [0.1, 0.15) is 118 Å². The van der Waals surface area contributed by atoms with Crippen molar-refractivity contribution in [2.24, 2.45) is 34.5 Å². The summed E-state index contributed by atoms with van der Waals surface area (Å²) in [6.07, 6.45) is 14.1. The highest BCUT2D eigenvalue weighted by atomic mass is 16.3. The summed E-state index contributed by atoms with van der Waals surface area (Å²) in [4.78, 5) is 27.5. The van der Waals surface area contributed by atoms with Crippen LogP contribution in [0.3, 0.4) is 0 Å². The third-order valence-electron chi connectivity index (χ3n) is 10.9. The van der Waals surface area contributed by atoms with Crippen molar-refractivity contribution in [3.63, 3.8) is 0 Å². The van der Waals surface area contributed by atoms with E-state index in [-0.39, 0.29) is 16.7 Å². The van der Waals surface area contributed by atoms with Gasteiger partial charge in [0.05, 0.1) is 5.60 Å². The Kier molecular flexibility index (Phi) is 7.35. The highest BCUT2D eigenvalue weighted by molar-refractivity contribution is 5.87. The van der Waals surface area contributed by atoms with Gasteiger partial charge in [0.1, 0.15) is 5.78 Å². The molecule has 4 saturated carbocycles. The smallest absolute Gasteiger partial charge is 0.222 e. The second kappa shape index (κ2) is 9.63. The summed E-state index contributed by atoms with van der Waals surface area (Å²) in [5, 5.41) is 11.8. The molecule has 0 saturated heterocycles. The first-order valence-corrected chi connectivity index (χ1v) is 14.2. The number of hydrogen-bond donors (Lipinski definition) is 1. The molecule has 33 heavy (non-hydrogen) atoms. The van der Waals surface area contributed by atoms with Crippen molar-refractivity contribution in [3.05, 3.63) is 0 Å². The fourth-order valence-corrected chi connectivity index (χ4v) is 8.81. The number of amides is 1. The normalized spacial score (nSPS) is 42.4. The second-order valence-electron chi connectivity index (χ2n) is 12.8. The van der Waals surface area contributed by atoms with Gasteiger partial charge in [-0.2, -0.15) is 0 Å². The monoisotopic (exact) mass is 459 g/mol. The van der Waals surface area contributed by atoms with Gasteiger partial charge in [0.2, 0.25) is 5.91 Å². The number of ketones is 1. The van der Waals surface area contributed by atoms with Gasteiger partial charge in [0, 0.05) is 31.3 Å². The Morgan fingerprint density at radius 2 is 1.79 bits per heavy atom. The first-order valence-electron chi connectivity index (χ1n) is 14.2. The number of Topliss-reactive ketones (excluding diaryl/α,β-unsaturated/α-hetero) is 1. The molecule has 4 heteroatoms. The number of unbranched alkanes of at least 4 members (excludes halogenated alkanes) is 2. The van der Waals surface area contributed by atoms with E-state index in [1.54, 1.807) is 0 Å². The minimum atomic E-state index is -0.737. The van der Waals surface area contributed by atoms with Gasteiger partial charge in [-0.1, -0.05) is 40.5 Å². The number of hydrogen-bond acceptors (Lipinski definition) is 3. The van der Waals surface area contributed by atoms with E-state index in [1.165, 1.54) is 19.3 Å². The molecule has 4 aliphatic rings. The van der Waals surface area contributed by atoms with E-state index >= 15 is 0 Å². The van der Waals surface area contributed by atoms with Crippen molar-refractivity contribution in [2.45, 2.75) is 123 Å². The van der Waals surface area contributed by atoms with E-state index in [9.17, 15) is 14.7 Å². The van der Waals surface area contributed by atoms with E-state index in [1.807, 2.05) is 4.90 Å². The minimum Gasteiger partial charge on any atom is -0.388 e. The molecule has 0 radical (unpaired) electrons. The number of carbonyl (C=O) groups excluding carboxylic acids is 2. The molecule has 4 rings (SSSR count). The van der Waals surface area contributed by atoms with Gasteiger partial charge in [-0.25, -0.2) is 0 Å². The fraction of sp³-hybridized carbons (Fsp3) is 0.931. The topological polar surface area (TPSA) is 57.6 Å². The van der Waals surface area contributed by atoms with Gasteiger partial charge in [0.15, 0.2) is 0 Å². The zero-order valence-corrected chi connectivity index (χ0v) is 21.8. The van der Waals surface area contributed by atoms with Crippen LogP contribution in [0.4, 0.5) is 0 Å². The maximum Gasteiger partial charge on any atom is 0.222 e. The standard InChI is InChI=1S/C29H49NO3/c1-5-7-8-18-30(26(32)9-6-2)20-29(33)17-16-27(3)21(19-29)10-11-22-23-12-13-25(31)28(23,4)15-14-24(22)27/h21-24,33H,5-20H2,1-4H3/t21?,22-,23-,24-,27-,28-,29+/m0/s1. The Morgan fingerprint density at radius 1 is 1.00 bits per heavy atom. The van der Waals surface area contributed by atoms with Crippen LogP contribution < -0.4 is 0 Å². The molecule has 0 aliphatic heterocycles. The van der Waals surface area contributed by atoms with Crippen molar-refractivity contribution in [1.82, 2.24) is 4.90 Å². The lowest BCUT2D eigenvalue weighted by Crippen LogP contribution is -2.58. The first kappa shape index (κ1) is 25.2. The summed E-state index contributed by atoms with van der Waals surface area (Å²) in [6, 6.07) is 0. The Bertz CT molecular complexity index is 736. The molecule has 4 nitrogen and oxygen atoms in total. The summed E-state index contributed by atoms with van der Waals surface area (Å²) in [7, 11) is 0. The maximum atomic E-state index is 12.8. The molecule has 0 aromatic rings. The lowest BCUT2D eigenvalue weighted by molar-refractivity contribution is -0.161. The van der Waals surface area contributed by atoms with E-state index in [0.717, 1.165) is 70.8 Å². The molecule has 0 aromatic carbocycles. The Hall–Kier alpha value is -0.900.